The van der Waals surface area contributed by atoms with Gasteiger partial charge in [-0.25, -0.2) is 0 Å². The van der Waals surface area contributed by atoms with Crippen molar-refractivity contribution in [1.82, 2.24) is 4.90 Å². The molecule has 1 aromatic rings. The van der Waals surface area contributed by atoms with E-state index in [2.05, 4.69) is 6.92 Å². The van der Waals surface area contributed by atoms with Crippen molar-refractivity contribution in [3.05, 3.63) is 35.4 Å². The Kier molecular flexibility index (Phi) is 5.18. The minimum Gasteiger partial charge on any atom is -0.336 e. The summed E-state index contributed by atoms with van der Waals surface area (Å²) in [5.41, 5.74) is 7.84. The van der Waals surface area contributed by atoms with Crippen LogP contribution < -0.4 is 5.73 Å². The highest BCUT2D eigenvalue weighted by Gasteiger charge is 2.31. The van der Waals surface area contributed by atoms with Crippen LogP contribution in [0, 0.1) is 12.8 Å². The molecule has 0 heterocycles. The molecular formula is C17H26N2O. The molecule has 1 aliphatic rings. The Balaban J connectivity index is 2.20. The van der Waals surface area contributed by atoms with Gasteiger partial charge < -0.3 is 10.6 Å². The van der Waals surface area contributed by atoms with Gasteiger partial charge in [0.1, 0.15) is 0 Å². The number of hydrogen-bond donors (Lipinski definition) is 1. The van der Waals surface area contributed by atoms with Crippen LogP contribution in [0.2, 0.25) is 0 Å². The second-order valence-corrected chi connectivity index (χ2v) is 5.81. The van der Waals surface area contributed by atoms with Crippen molar-refractivity contribution in [2.75, 3.05) is 13.1 Å². The number of benzene rings is 1. The molecule has 0 spiro atoms. The first-order chi connectivity index (χ1) is 9.67. The summed E-state index contributed by atoms with van der Waals surface area (Å²) in [5, 5.41) is 0. The van der Waals surface area contributed by atoms with Crippen LogP contribution in [0.5, 0.6) is 0 Å². The average Bonchev–Trinajstić information content (AvgIpc) is 2.48. The van der Waals surface area contributed by atoms with Crippen LogP contribution in [0.3, 0.4) is 0 Å². The zero-order valence-corrected chi connectivity index (χ0v) is 12.6. The summed E-state index contributed by atoms with van der Waals surface area (Å²) >= 11 is 0. The lowest BCUT2D eigenvalue weighted by Crippen LogP contribution is -2.48. The summed E-state index contributed by atoms with van der Waals surface area (Å²) in [7, 11) is 0. The molecule has 1 fully saturated rings. The van der Waals surface area contributed by atoms with E-state index in [1.807, 2.05) is 36.1 Å². The smallest absolute Gasteiger partial charge is 0.254 e. The van der Waals surface area contributed by atoms with Gasteiger partial charge in [0.2, 0.25) is 0 Å². The van der Waals surface area contributed by atoms with E-state index in [-0.39, 0.29) is 5.91 Å². The van der Waals surface area contributed by atoms with E-state index in [4.69, 9.17) is 5.73 Å². The molecule has 2 rings (SSSR count). The van der Waals surface area contributed by atoms with E-state index in [0.717, 1.165) is 30.5 Å². The zero-order valence-electron chi connectivity index (χ0n) is 12.6. The Morgan fingerprint density at radius 3 is 2.75 bits per heavy atom. The molecule has 0 aromatic heterocycles. The molecule has 3 nitrogen and oxygen atoms in total. The van der Waals surface area contributed by atoms with Crippen LogP contribution in [-0.4, -0.2) is 29.9 Å². The fraction of sp³-hybridized carbons (Fsp3) is 0.588. The van der Waals surface area contributed by atoms with Crippen molar-refractivity contribution in [2.45, 2.75) is 45.6 Å². The topological polar surface area (TPSA) is 46.3 Å². The highest BCUT2D eigenvalue weighted by molar-refractivity contribution is 5.94. The summed E-state index contributed by atoms with van der Waals surface area (Å²) in [6, 6.07) is 8.18. The number of hydrogen-bond acceptors (Lipinski definition) is 2. The maximum Gasteiger partial charge on any atom is 0.254 e. The summed E-state index contributed by atoms with van der Waals surface area (Å²) in [5.74, 6) is 0.610. The van der Waals surface area contributed by atoms with Gasteiger partial charge in [-0.05, 0) is 51.3 Å². The van der Waals surface area contributed by atoms with Crippen molar-refractivity contribution in [2.24, 2.45) is 11.7 Å². The molecule has 1 aliphatic carbocycles. The van der Waals surface area contributed by atoms with Crippen molar-refractivity contribution in [1.29, 1.82) is 0 Å². The van der Waals surface area contributed by atoms with Crippen LogP contribution in [0.15, 0.2) is 24.3 Å². The molecule has 2 unspecified atom stereocenters. The Hall–Kier alpha value is -1.35. The monoisotopic (exact) mass is 274 g/mol. The lowest BCUT2D eigenvalue weighted by Gasteiger charge is -2.39. The van der Waals surface area contributed by atoms with E-state index in [0.29, 0.717) is 18.5 Å². The molecule has 3 heteroatoms. The van der Waals surface area contributed by atoms with Crippen LogP contribution in [0.4, 0.5) is 0 Å². The van der Waals surface area contributed by atoms with Gasteiger partial charge in [-0.3, -0.25) is 4.79 Å². The fourth-order valence-corrected chi connectivity index (χ4v) is 3.35. The SMILES string of the molecule is CCN(C(=O)c1cccc(C)c1)C1CCCCC1CN. The van der Waals surface area contributed by atoms with Gasteiger partial charge in [0, 0.05) is 18.2 Å². The standard InChI is InChI=1S/C17H26N2O/c1-3-19(16-10-5-4-8-15(16)12-18)17(20)14-9-6-7-13(2)11-14/h6-7,9,11,15-16H,3-5,8,10,12,18H2,1-2H3. The van der Waals surface area contributed by atoms with Crippen LogP contribution >= 0.6 is 0 Å². The lowest BCUT2D eigenvalue weighted by molar-refractivity contribution is 0.0560. The largest absolute Gasteiger partial charge is 0.336 e. The summed E-state index contributed by atoms with van der Waals surface area (Å²) in [4.78, 5) is 14.8. The molecule has 2 N–H and O–H groups in total. The molecule has 1 aromatic carbocycles. The maximum atomic E-state index is 12.8. The number of aryl methyl sites for hydroxylation is 1. The van der Waals surface area contributed by atoms with Crippen LogP contribution in [0.25, 0.3) is 0 Å². The molecule has 0 radical (unpaired) electrons. The minimum atomic E-state index is 0.154. The highest BCUT2D eigenvalue weighted by atomic mass is 16.2. The van der Waals surface area contributed by atoms with Gasteiger partial charge >= 0.3 is 0 Å². The fourth-order valence-electron chi connectivity index (χ4n) is 3.35. The molecule has 0 saturated heterocycles. The van der Waals surface area contributed by atoms with Gasteiger partial charge in [0.25, 0.3) is 5.91 Å². The third kappa shape index (κ3) is 3.21. The number of carbonyl (C=O) groups excluding carboxylic acids is 1. The second-order valence-electron chi connectivity index (χ2n) is 5.81. The maximum absolute atomic E-state index is 12.8. The van der Waals surface area contributed by atoms with Crippen LogP contribution in [0.1, 0.15) is 48.5 Å². The Morgan fingerprint density at radius 2 is 2.10 bits per heavy atom. The zero-order chi connectivity index (χ0) is 14.5. The van der Waals surface area contributed by atoms with Crippen molar-refractivity contribution in [3.63, 3.8) is 0 Å². The number of carbonyl (C=O) groups is 1. The summed E-state index contributed by atoms with van der Waals surface area (Å²) < 4.78 is 0. The first-order valence-corrected chi connectivity index (χ1v) is 7.75. The van der Waals surface area contributed by atoms with Crippen molar-refractivity contribution < 1.29 is 4.79 Å². The normalized spacial score (nSPS) is 22.6. The Morgan fingerprint density at radius 1 is 1.35 bits per heavy atom. The molecule has 20 heavy (non-hydrogen) atoms. The first kappa shape index (κ1) is 15.0. The predicted molar refractivity (Wildman–Crippen MR) is 82.7 cm³/mol. The van der Waals surface area contributed by atoms with Gasteiger partial charge in [-0.1, -0.05) is 30.5 Å². The molecule has 0 aliphatic heterocycles. The first-order valence-electron chi connectivity index (χ1n) is 7.75. The van der Waals surface area contributed by atoms with Gasteiger partial charge in [0.15, 0.2) is 0 Å². The van der Waals surface area contributed by atoms with E-state index >= 15 is 0 Å². The number of nitrogens with two attached hydrogens (primary N) is 1. The minimum absolute atomic E-state index is 0.154. The summed E-state index contributed by atoms with van der Waals surface area (Å²) in [6.45, 7) is 5.53. The highest BCUT2D eigenvalue weighted by Crippen LogP contribution is 2.28. The van der Waals surface area contributed by atoms with Crippen molar-refractivity contribution >= 4 is 5.91 Å². The van der Waals surface area contributed by atoms with Crippen LogP contribution in [-0.2, 0) is 0 Å². The number of rotatable bonds is 4. The van der Waals surface area contributed by atoms with E-state index in [1.54, 1.807) is 0 Å². The van der Waals surface area contributed by atoms with Gasteiger partial charge in [0.05, 0.1) is 0 Å². The molecule has 0 bridgehead atoms. The molecule has 2 atom stereocenters. The van der Waals surface area contributed by atoms with E-state index < -0.39 is 0 Å². The van der Waals surface area contributed by atoms with E-state index in [9.17, 15) is 4.79 Å². The average molecular weight is 274 g/mol. The number of nitrogens with zero attached hydrogens (tertiary/aromatic N) is 1. The molecule has 110 valence electrons. The number of amides is 1. The lowest BCUT2D eigenvalue weighted by atomic mass is 9.83. The molecule has 1 saturated carbocycles. The third-order valence-corrected chi connectivity index (χ3v) is 4.44. The predicted octanol–water partition coefficient (Wildman–Crippen LogP) is 2.97. The Labute approximate surface area is 122 Å². The molecule has 1 amide bonds. The van der Waals surface area contributed by atoms with Gasteiger partial charge in [-0.2, -0.15) is 0 Å². The second kappa shape index (κ2) is 6.89. The molecular weight excluding hydrogens is 248 g/mol. The van der Waals surface area contributed by atoms with Gasteiger partial charge in [-0.15, -0.1) is 0 Å². The van der Waals surface area contributed by atoms with E-state index in [1.165, 1.54) is 12.8 Å². The summed E-state index contributed by atoms with van der Waals surface area (Å²) in [6.07, 6.45) is 4.69. The quantitative estimate of drug-likeness (QED) is 0.917. The third-order valence-electron chi connectivity index (χ3n) is 4.44. The Bertz CT molecular complexity index is 458. The van der Waals surface area contributed by atoms with Crippen molar-refractivity contribution in [3.8, 4) is 0 Å².